The van der Waals surface area contributed by atoms with Crippen LogP contribution in [0.5, 0.6) is 0 Å². The minimum Gasteiger partial charge on any atom is -0.370 e. The third kappa shape index (κ3) is 26.6. The summed E-state index contributed by atoms with van der Waals surface area (Å²) in [5.41, 5.74) is 28.1. The van der Waals surface area contributed by atoms with E-state index < -0.39 is 143 Å². The van der Waals surface area contributed by atoms with Gasteiger partial charge in [0, 0.05) is 157 Å². The van der Waals surface area contributed by atoms with Gasteiger partial charge < -0.3 is 95.9 Å². The summed E-state index contributed by atoms with van der Waals surface area (Å²) in [6, 6.07) is 40.7. The third-order valence-corrected chi connectivity index (χ3v) is 24.9. The number of para-hydroxylation sites is 2. The number of benzene rings is 6. The molecule has 34 nitrogen and oxygen atoms in total. The van der Waals surface area contributed by atoms with Gasteiger partial charge in [0.05, 0.1) is 12.1 Å². The zero-order chi connectivity index (χ0) is 93.1. The molecule has 692 valence electrons. The van der Waals surface area contributed by atoms with E-state index in [9.17, 15) is 62.3 Å². The lowest BCUT2D eigenvalue weighted by atomic mass is 9.89. The highest BCUT2D eigenvalue weighted by atomic mass is 16.2. The number of guanidine groups is 2. The Balaban J connectivity index is 0.000000237. The molecule has 11 atom stereocenters. The molecule has 1 spiro atoms. The van der Waals surface area contributed by atoms with Gasteiger partial charge in [-0.15, -0.1) is 0 Å². The monoisotopic (exact) mass is 1790 g/mol. The molecular formula is C97H120N20O14. The van der Waals surface area contributed by atoms with Gasteiger partial charge in [-0.05, 0) is 128 Å². The van der Waals surface area contributed by atoms with Gasteiger partial charge >= 0.3 is 0 Å². The summed E-state index contributed by atoms with van der Waals surface area (Å²) in [4.78, 5) is 215. The molecule has 13 rings (SSSR count). The summed E-state index contributed by atoms with van der Waals surface area (Å²) in [5, 5.41) is 30.8. The first-order valence-corrected chi connectivity index (χ1v) is 45.2. The van der Waals surface area contributed by atoms with Crippen molar-refractivity contribution in [1.29, 1.82) is 0 Å². The number of hydrogen-bond acceptors (Lipinski definition) is 16. The maximum absolute atomic E-state index is 15.1. The lowest BCUT2D eigenvalue weighted by Crippen LogP contribution is -2.65. The number of nitrogens with one attached hydrogen (secondary N) is 12. The number of aromatic nitrogens is 2. The highest BCUT2D eigenvalue weighted by molar-refractivity contribution is 6.02. The van der Waals surface area contributed by atoms with E-state index in [4.69, 9.17) is 22.9 Å². The quantitative estimate of drug-likeness (QED) is 0.0234. The standard InChI is InChI=1S/C49H60N10O7.C48H60N10O7/c1-30(60)55-40(24-31-12-3-2-4-13-31)44(63)56-38-19-10-21-52-43(62)32(16-9-22-53-48(50)51)26-42(61)39(25-35-29-54-37-18-8-7-17-36(35)37)57-47(66)49(27-33-14-5-6-15-34(33)28-49)58-45(64)41-20-11-23-59(41)46(38)65;1-30(59)54-39(25-31-13-4-2-5-14-31)44(62)55-37-20-11-22-51-43(61)33(17-10-23-52-48(49)50)28-42(60)38(27-34-29-53-36-19-9-8-18-35(34)36)56-45(63)40(26-32-15-6-3-7-16-32)57-46(64)41-21-12-24-58(41)47(37)65/h2-8,12-15,17-18,29,32,38-41,54H,9-11,16,19-28H2,1H3,(H,52,62)(H,55,60)(H,56,63)(H,57,66)(H,58,64)(H4,50,51,53);2-9,13-16,18-19,29,33,37-41,53H,10-12,17,20-28H2,1H3,(H,51,61)(H,54,59)(H,55,62)(H,56,63)(H,57,64)(H4,49,50,52)/t32-,38+,39+,40+,41+;33-,37+,38+,39+,40-,41+/m11/s1. The summed E-state index contributed by atoms with van der Waals surface area (Å²) >= 11 is 0. The van der Waals surface area contributed by atoms with Gasteiger partial charge in [0.15, 0.2) is 23.5 Å². The van der Waals surface area contributed by atoms with Crippen LogP contribution in [-0.2, 0) is 112 Å². The van der Waals surface area contributed by atoms with E-state index in [1.165, 1.54) is 23.6 Å². The van der Waals surface area contributed by atoms with E-state index in [0.29, 0.717) is 38.5 Å². The van der Waals surface area contributed by atoms with Crippen LogP contribution < -0.4 is 76.1 Å². The summed E-state index contributed by atoms with van der Waals surface area (Å²) in [6.45, 7) is 3.70. The van der Waals surface area contributed by atoms with Crippen LogP contribution >= 0.6 is 0 Å². The van der Waals surface area contributed by atoms with Crippen LogP contribution in [0.3, 0.4) is 0 Å². The molecule has 2 aromatic heterocycles. The SMILES string of the molecule is CC(=O)N[C@@H](Cc1ccccc1)C(=O)N[C@H]1CCCNC(=O)[C@H](CCCN=C(N)N)CC(=O)[C@H](Cc2c[nH]c3ccccc23)NC(=O)C2(Cc3ccccc3C2)NC(=O)[C@@H]2CCCN2C1=O.CC(=O)N[C@@H](Cc1ccccc1)C(=O)N[C@H]1CCCNC(=O)[C@H](CCCN=C(N)N)CC(=O)[C@H](Cc2c[nH]c3ccccc23)NC(=O)[C@@H](Cc2ccccc2)NC(=O)[C@@H]2CCCN2C1=O. The summed E-state index contributed by atoms with van der Waals surface area (Å²) in [7, 11) is 0. The second-order valence-electron chi connectivity index (χ2n) is 34.5. The molecule has 20 N–H and O–H groups in total. The topological polar surface area (TPSA) is 526 Å². The van der Waals surface area contributed by atoms with Gasteiger partial charge in [0.1, 0.15) is 47.8 Å². The largest absolute Gasteiger partial charge is 0.370 e. The van der Waals surface area contributed by atoms with Crippen molar-refractivity contribution in [1.82, 2.24) is 72.9 Å². The molecule has 6 heterocycles. The fraction of sp³-hybridized carbons (Fsp3) is 0.423. The Morgan fingerprint density at radius 2 is 0.855 bits per heavy atom. The number of nitrogens with zero attached hydrogens (tertiary/aromatic N) is 4. The van der Waals surface area contributed by atoms with Crippen molar-refractivity contribution in [3.05, 3.63) is 215 Å². The first kappa shape index (κ1) is 96.0. The molecule has 6 aromatic carbocycles. The Kier molecular flexibility index (Phi) is 33.9. The number of aromatic amines is 2. The maximum Gasteiger partial charge on any atom is 0.247 e. The first-order chi connectivity index (χ1) is 63.1. The van der Waals surface area contributed by atoms with Crippen LogP contribution in [0.15, 0.2) is 186 Å². The average Bonchev–Trinajstić information content (AvgIpc) is 1.62. The Morgan fingerprint density at radius 1 is 0.450 bits per heavy atom. The Morgan fingerprint density at radius 3 is 1.30 bits per heavy atom. The molecule has 34 heteroatoms. The van der Waals surface area contributed by atoms with Crippen molar-refractivity contribution in [3.8, 4) is 0 Å². The predicted molar refractivity (Wildman–Crippen MR) is 494 cm³/mol. The zero-order valence-electron chi connectivity index (χ0n) is 74.0. The van der Waals surface area contributed by atoms with E-state index in [2.05, 4.69) is 73.1 Å². The van der Waals surface area contributed by atoms with Crippen LogP contribution in [0.2, 0.25) is 0 Å². The lowest BCUT2D eigenvalue weighted by molar-refractivity contribution is -0.144. The van der Waals surface area contributed by atoms with Crippen LogP contribution in [0.25, 0.3) is 21.8 Å². The van der Waals surface area contributed by atoms with E-state index in [1.54, 1.807) is 6.20 Å². The van der Waals surface area contributed by atoms with Gasteiger partial charge in [-0.2, -0.15) is 0 Å². The van der Waals surface area contributed by atoms with Gasteiger partial charge in [-0.25, -0.2) is 0 Å². The van der Waals surface area contributed by atoms with Gasteiger partial charge in [0.2, 0.25) is 70.9 Å². The smallest absolute Gasteiger partial charge is 0.247 e. The van der Waals surface area contributed by atoms with Crippen molar-refractivity contribution in [2.24, 2.45) is 44.8 Å². The molecule has 4 fully saturated rings. The molecule has 0 radical (unpaired) electrons. The maximum atomic E-state index is 15.1. The lowest BCUT2D eigenvalue weighted by Gasteiger charge is -2.35. The fourth-order valence-electron chi connectivity index (χ4n) is 18.2. The van der Waals surface area contributed by atoms with Crippen LogP contribution in [0, 0.1) is 11.8 Å². The number of amides is 12. The molecule has 0 bridgehead atoms. The molecule has 4 aliphatic heterocycles. The predicted octanol–water partition coefficient (Wildman–Crippen LogP) is 3.30. The van der Waals surface area contributed by atoms with Crippen LogP contribution in [-0.4, -0.2) is 213 Å². The van der Waals surface area contributed by atoms with E-state index in [-0.39, 0.29) is 159 Å². The van der Waals surface area contributed by atoms with E-state index in [1.807, 2.05) is 170 Å². The summed E-state index contributed by atoms with van der Waals surface area (Å²) in [5.74, 6) is -8.71. The number of carbonyl (C=O) groups excluding carboxylic acids is 14. The summed E-state index contributed by atoms with van der Waals surface area (Å²) < 4.78 is 0. The second-order valence-corrected chi connectivity index (χ2v) is 34.5. The molecule has 12 amide bonds. The van der Waals surface area contributed by atoms with Crippen molar-refractivity contribution in [2.75, 3.05) is 39.3 Å². The van der Waals surface area contributed by atoms with Crippen LogP contribution in [0.4, 0.5) is 0 Å². The van der Waals surface area contributed by atoms with Crippen molar-refractivity contribution in [2.45, 2.75) is 209 Å². The minimum absolute atomic E-state index is 0.0769. The fourth-order valence-corrected chi connectivity index (χ4v) is 18.2. The molecule has 8 aromatic rings. The number of nitrogens with two attached hydrogens (primary N) is 4. The molecular weight excluding hydrogens is 1670 g/mol. The number of Topliss-reactive ketones (excluding diaryl/α,β-unsaturated/α-hetero) is 2. The molecule has 0 saturated carbocycles. The van der Waals surface area contributed by atoms with E-state index in [0.717, 1.165) is 60.8 Å². The van der Waals surface area contributed by atoms with Crippen molar-refractivity contribution >= 4 is 116 Å². The minimum atomic E-state index is -1.53. The molecule has 1 aliphatic carbocycles. The Bertz CT molecular complexity index is 5440. The van der Waals surface area contributed by atoms with Gasteiger partial charge in [0.25, 0.3) is 0 Å². The number of carbonyl (C=O) groups is 14. The number of rotatable bonds is 24. The first-order valence-electron chi connectivity index (χ1n) is 45.2. The highest BCUT2D eigenvalue weighted by Crippen LogP contribution is 2.34. The Hall–Kier alpha value is -14.1. The molecule has 4 saturated heterocycles. The molecule has 0 unspecified atom stereocenters. The number of hydrogen-bond donors (Lipinski definition) is 16. The summed E-state index contributed by atoms with van der Waals surface area (Å²) in [6.07, 6.45) is 7.54. The number of ketones is 2. The average molecular weight is 1790 g/mol. The Labute approximate surface area is 760 Å². The normalized spacial score (nSPS) is 21.9. The second kappa shape index (κ2) is 46.3. The van der Waals surface area contributed by atoms with Crippen molar-refractivity contribution in [3.63, 3.8) is 0 Å². The molecule has 131 heavy (non-hydrogen) atoms. The highest BCUT2D eigenvalue weighted by Gasteiger charge is 2.50. The molecule has 5 aliphatic rings. The number of aliphatic imine (C=N–C) groups is 2. The number of fused-ring (bicyclic) bond motifs is 5. The van der Waals surface area contributed by atoms with E-state index >= 15 is 4.79 Å². The van der Waals surface area contributed by atoms with Gasteiger partial charge in [-0.1, -0.05) is 152 Å². The third-order valence-electron chi connectivity index (χ3n) is 24.9. The zero-order valence-corrected chi connectivity index (χ0v) is 74.0. The van der Waals surface area contributed by atoms with Crippen LogP contribution in [0.1, 0.15) is 143 Å². The van der Waals surface area contributed by atoms with Gasteiger partial charge in [-0.3, -0.25) is 77.1 Å². The van der Waals surface area contributed by atoms with Crippen molar-refractivity contribution < 1.29 is 67.1 Å². The number of H-pyrrole nitrogens is 2.